The van der Waals surface area contributed by atoms with E-state index in [1.807, 2.05) is 0 Å². The Morgan fingerprint density at radius 1 is 1.17 bits per heavy atom. The van der Waals surface area contributed by atoms with Crippen LogP contribution in [0.15, 0.2) is 0 Å². The minimum absolute atomic E-state index is 0. The zero-order chi connectivity index (χ0) is 12.3. The fourth-order valence-electron chi connectivity index (χ4n) is 2.60. The van der Waals surface area contributed by atoms with Gasteiger partial charge in [-0.3, -0.25) is 4.90 Å². The average Bonchev–Trinajstić information content (AvgIpc) is 2.54. The summed E-state index contributed by atoms with van der Waals surface area (Å²) < 4.78 is 40.2. The smallest absolute Gasteiger partial charge is 0.371 e. The molecule has 0 saturated carbocycles. The van der Waals surface area contributed by atoms with Gasteiger partial charge in [-0.15, -0.1) is 12.4 Å². The molecular formula is C11H20ClF3N2O. The molecule has 2 aliphatic rings. The zero-order valence-electron chi connectivity index (χ0n) is 10.2. The van der Waals surface area contributed by atoms with Gasteiger partial charge in [-0.2, -0.15) is 13.2 Å². The number of rotatable bonds is 4. The van der Waals surface area contributed by atoms with Gasteiger partial charge in [-0.25, -0.2) is 0 Å². The van der Waals surface area contributed by atoms with Gasteiger partial charge in [0.05, 0.1) is 6.61 Å². The van der Waals surface area contributed by atoms with Crippen LogP contribution < -0.4 is 5.32 Å². The van der Waals surface area contributed by atoms with E-state index in [9.17, 15) is 13.2 Å². The van der Waals surface area contributed by atoms with E-state index >= 15 is 0 Å². The van der Waals surface area contributed by atoms with E-state index in [1.54, 1.807) is 0 Å². The summed E-state index contributed by atoms with van der Waals surface area (Å²) in [7, 11) is 0. The van der Waals surface area contributed by atoms with Crippen molar-refractivity contribution in [2.45, 2.75) is 37.5 Å². The van der Waals surface area contributed by atoms with Crippen molar-refractivity contribution in [1.29, 1.82) is 0 Å². The van der Waals surface area contributed by atoms with Gasteiger partial charge < -0.3 is 10.1 Å². The summed E-state index contributed by atoms with van der Waals surface area (Å²) in [5, 5.41) is 3.53. The Morgan fingerprint density at radius 2 is 1.89 bits per heavy atom. The van der Waals surface area contributed by atoms with E-state index in [2.05, 4.69) is 15.0 Å². The van der Waals surface area contributed by atoms with Crippen LogP contribution in [0.3, 0.4) is 0 Å². The predicted octanol–water partition coefficient (Wildman–Crippen LogP) is 1.81. The summed E-state index contributed by atoms with van der Waals surface area (Å²) in [5.41, 5.74) is 0. The lowest BCUT2D eigenvalue weighted by Crippen LogP contribution is -2.37. The van der Waals surface area contributed by atoms with Crippen molar-refractivity contribution in [3.8, 4) is 0 Å². The Kier molecular flexibility index (Phi) is 6.17. The Morgan fingerprint density at radius 3 is 2.61 bits per heavy atom. The van der Waals surface area contributed by atoms with Crippen molar-refractivity contribution in [1.82, 2.24) is 10.2 Å². The van der Waals surface area contributed by atoms with Crippen LogP contribution in [0, 0.1) is 0 Å². The summed E-state index contributed by atoms with van der Waals surface area (Å²) in [6, 6.07) is 1.13. The molecular weight excluding hydrogens is 269 g/mol. The lowest BCUT2D eigenvalue weighted by Gasteiger charge is -2.23. The highest BCUT2D eigenvalue weighted by atomic mass is 35.5. The highest BCUT2D eigenvalue weighted by Crippen LogP contribution is 2.20. The SMILES string of the molecule is Cl.FC(F)(F)COCCN1CCC2CCC(C1)N2. The number of alkyl halides is 3. The molecule has 0 aromatic carbocycles. The van der Waals surface area contributed by atoms with E-state index in [1.165, 1.54) is 12.8 Å². The van der Waals surface area contributed by atoms with Crippen molar-refractivity contribution in [2.24, 2.45) is 0 Å². The molecule has 7 heteroatoms. The monoisotopic (exact) mass is 288 g/mol. The molecule has 0 aromatic rings. The summed E-state index contributed by atoms with van der Waals surface area (Å²) in [6.07, 6.45) is -0.692. The van der Waals surface area contributed by atoms with Gasteiger partial charge in [0.1, 0.15) is 6.61 Å². The number of hydrogen-bond donors (Lipinski definition) is 1. The molecule has 2 heterocycles. The van der Waals surface area contributed by atoms with Crippen molar-refractivity contribution < 1.29 is 17.9 Å². The van der Waals surface area contributed by atoms with Gasteiger partial charge in [0.15, 0.2) is 0 Å². The van der Waals surface area contributed by atoms with E-state index in [0.717, 1.165) is 19.5 Å². The Hall–Kier alpha value is -0.0400. The lowest BCUT2D eigenvalue weighted by atomic mass is 10.1. The van der Waals surface area contributed by atoms with E-state index in [-0.39, 0.29) is 19.0 Å². The number of halogens is 4. The minimum atomic E-state index is -4.21. The predicted molar refractivity (Wildman–Crippen MR) is 65.1 cm³/mol. The van der Waals surface area contributed by atoms with Gasteiger partial charge in [-0.1, -0.05) is 0 Å². The molecule has 18 heavy (non-hydrogen) atoms. The van der Waals surface area contributed by atoms with Gasteiger partial charge in [0.25, 0.3) is 0 Å². The first-order chi connectivity index (χ1) is 8.03. The van der Waals surface area contributed by atoms with Crippen molar-refractivity contribution in [3.05, 3.63) is 0 Å². The number of hydrogen-bond acceptors (Lipinski definition) is 3. The average molecular weight is 289 g/mol. The van der Waals surface area contributed by atoms with Crippen LogP contribution >= 0.6 is 12.4 Å². The van der Waals surface area contributed by atoms with Crippen LogP contribution in [0.5, 0.6) is 0 Å². The van der Waals surface area contributed by atoms with Crippen LogP contribution in [0.1, 0.15) is 19.3 Å². The maximum atomic E-state index is 11.9. The fraction of sp³-hybridized carbons (Fsp3) is 1.00. The highest BCUT2D eigenvalue weighted by Gasteiger charge is 2.30. The molecule has 3 nitrogen and oxygen atoms in total. The topological polar surface area (TPSA) is 24.5 Å². The molecule has 0 radical (unpaired) electrons. The Bertz CT molecular complexity index is 253. The second-order valence-corrected chi connectivity index (χ2v) is 4.89. The van der Waals surface area contributed by atoms with Gasteiger partial charge in [0, 0.05) is 25.2 Å². The molecule has 108 valence electrons. The Labute approximate surface area is 111 Å². The van der Waals surface area contributed by atoms with Crippen molar-refractivity contribution in [3.63, 3.8) is 0 Å². The molecule has 2 rings (SSSR count). The normalized spacial score (nSPS) is 28.8. The van der Waals surface area contributed by atoms with Crippen LogP contribution in [-0.4, -0.2) is 56.0 Å². The Balaban J connectivity index is 0.00000162. The standard InChI is InChI=1S/C11H19F3N2O.ClH/c12-11(13,14)8-17-6-5-16-4-3-9-1-2-10(7-16)15-9;/h9-10,15H,1-8H2;1H. The number of ether oxygens (including phenoxy) is 1. The highest BCUT2D eigenvalue weighted by molar-refractivity contribution is 5.85. The molecule has 0 aromatic heterocycles. The maximum absolute atomic E-state index is 11.9. The van der Waals surface area contributed by atoms with Crippen LogP contribution in [0.2, 0.25) is 0 Å². The maximum Gasteiger partial charge on any atom is 0.411 e. The fourth-order valence-corrected chi connectivity index (χ4v) is 2.60. The third kappa shape index (κ3) is 5.30. The first kappa shape index (κ1) is 16.0. The summed E-state index contributed by atoms with van der Waals surface area (Å²) in [6.45, 7) is 1.53. The van der Waals surface area contributed by atoms with Crippen molar-refractivity contribution >= 4 is 12.4 Å². The minimum Gasteiger partial charge on any atom is -0.371 e. The van der Waals surface area contributed by atoms with Crippen LogP contribution in [-0.2, 0) is 4.74 Å². The largest absolute Gasteiger partial charge is 0.411 e. The van der Waals surface area contributed by atoms with Crippen LogP contribution in [0.4, 0.5) is 13.2 Å². The zero-order valence-corrected chi connectivity index (χ0v) is 11.0. The van der Waals surface area contributed by atoms with E-state index in [4.69, 9.17) is 0 Å². The van der Waals surface area contributed by atoms with Gasteiger partial charge in [0.2, 0.25) is 0 Å². The second kappa shape index (κ2) is 6.93. The molecule has 2 fully saturated rings. The van der Waals surface area contributed by atoms with Crippen molar-refractivity contribution in [2.75, 3.05) is 32.8 Å². The van der Waals surface area contributed by atoms with Gasteiger partial charge in [-0.05, 0) is 25.8 Å². The summed E-state index contributed by atoms with van der Waals surface area (Å²) in [4.78, 5) is 2.20. The number of nitrogens with one attached hydrogen (secondary N) is 1. The van der Waals surface area contributed by atoms with Crippen LogP contribution in [0.25, 0.3) is 0 Å². The quantitative estimate of drug-likeness (QED) is 0.799. The molecule has 0 spiro atoms. The third-order valence-electron chi connectivity index (χ3n) is 3.42. The molecule has 2 unspecified atom stereocenters. The number of likely N-dealkylation sites (tertiary alicyclic amines) is 1. The molecule has 2 bridgehead atoms. The molecule has 2 atom stereocenters. The molecule has 0 amide bonds. The molecule has 1 N–H and O–H groups in total. The lowest BCUT2D eigenvalue weighted by molar-refractivity contribution is -0.174. The molecule has 0 aliphatic carbocycles. The molecule has 2 aliphatic heterocycles. The van der Waals surface area contributed by atoms with E-state index in [0.29, 0.717) is 18.6 Å². The second-order valence-electron chi connectivity index (χ2n) is 4.89. The first-order valence-electron chi connectivity index (χ1n) is 6.16. The first-order valence-corrected chi connectivity index (χ1v) is 6.16. The van der Waals surface area contributed by atoms with E-state index < -0.39 is 12.8 Å². The number of fused-ring (bicyclic) bond motifs is 2. The third-order valence-corrected chi connectivity index (χ3v) is 3.42. The summed E-state index contributed by atoms with van der Waals surface area (Å²) >= 11 is 0. The number of nitrogens with zero attached hydrogens (tertiary/aromatic N) is 1. The summed E-state index contributed by atoms with van der Waals surface area (Å²) in [5.74, 6) is 0. The molecule has 2 saturated heterocycles. The van der Waals surface area contributed by atoms with Gasteiger partial charge >= 0.3 is 6.18 Å².